The van der Waals surface area contributed by atoms with E-state index in [0.717, 1.165) is 49.7 Å². The number of anilines is 1. The Bertz CT molecular complexity index is 400. The Kier molecular flexibility index (Phi) is 4.78. The van der Waals surface area contributed by atoms with Crippen molar-refractivity contribution in [3.8, 4) is 0 Å². The van der Waals surface area contributed by atoms with Crippen LogP contribution in [0.1, 0.15) is 31.0 Å². The summed E-state index contributed by atoms with van der Waals surface area (Å²) in [6, 6.07) is 0. The van der Waals surface area contributed by atoms with Crippen LogP contribution in [0.25, 0.3) is 0 Å². The highest BCUT2D eigenvalue weighted by Crippen LogP contribution is 2.17. The number of hydrogen-bond acceptors (Lipinski definition) is 4. The lowest BCUT2D eigenvalue weighted by Gasteiger charge is -2.23. The number of rotatable bonds is 3. The molecule has 1 fully saturated rings. The fourth-order valence-electron chi connectivity index (χ4n) is 2.09. The van der Waals surface area contributed by atoms with Crippen molar-refractivity contribution in [2.45, 2.75) is 38.7 Å². The van der Waals surface area contributed by atoms with Gasteiger partial charge in [-0.3, -0.25) is 0 Å². The first kappa shape index (κ1) is 13.6. The minimum Gasteiger partial charge on any atom is -0.376 e. The van der Waals surface area contributed by atoms with Gasteiger partial charge in [-0.05, 0) is 19.8 Å². The summed E-state index contributed by atoms with van der Waals surface area (Å²) in [5, 5.41) is 0. The molecule has 4 nitrogen and oxygen atoms in total. The van der Waals surface area contributed by atoms with E-state index in [1.165, 1.54) is 0 Å². The van der Waals surface area contributed by atoms with Crippen molar-refractivity contribution in [3.63, 3.8) is 0 Å². The Morgan fingerprint density at radius 1 is 1.56 bits per heavy atom. The van der Waals surface area contributed by atoms with Gasteiger partial charge in [0.1, 0.15) is 0 Å². The molecule has 0 amide bonds. The van der Waals surface area contributed by atoms with Crippen LogP contribution in [-0.4, -0.2) is 35.8 Å². The van der Waals surface area contributed by atoms with Crippen LogP contribution in [0.4, 0.5) is 5.95 Å². The number of nitrogens with zero attached hydrogens (tertiary/aromatic N) is 3. The van der Waals surface area contributed by atoms with Crippen molar-refractivity contribution in [1.82, 2.24) is 9.97 Å². The zero-order chi connectivity index (χ0) is 13.0. The van der Waals surface area contributed by atoms with Crippen LogP contribution in [0, 0.1) is 6.92 Å². The summed E-state index contributed by atoms with van der Waals surface area (Å²) < 4.78 is 5.76. The molecule has 1 aliphatic rings. The van der Waals surface area contributed by atoms with Crippen LogP contribution >= 0.6 is 11.6 Å². The second-order valence-corrected chi connectivity index (χ2v) is 4.88. The van der Waals surface area contributed by atoms with E-state index < -0.39 is 0 Å². The fourth-order valence-corrected chi connectivity index (χ4v) is 2.35. The van der Waals surface area contributed by atoms with E-state index in [2.05, 4.69) is 21.8 Å². The molecular formula is C13H20ClN3O. The van der Waals surface area contributed by atoms with E-state index in [9.17, 15) is 0 Å². The van der Waals surface area contributed by atoms with Crippen LogP contribution in [0.2, 0.25) is 0 Å². The third-order valence-electron chi connectivity index (χ3n) is 3.30. The van der Waals surface area contributed by atoms with Crippen molar-refractivity contribution in [1.29, 1.82) is 0 Å². The van der Waals surface area contributed by atoms with E-state index in [0.29, 0.717) is 5.88 Å². The third kappa shape index (κ3) is 3.12. The largest absolute Gasteiger partial charge is 0.376 e. The first-order valence-corrected chi connectivity index (χ1v) is 7.03. The maximum atomic E-state index is 5.83. The molecule has 100 valence electrons. The van der Waals surface area contributed by atoms with Crippen LogP contribution in [0.5, 0.6) is 0 Å². The molecule has 1 atom stereocenters. The van der Waals surface area contributed by atoms with Crippen LogP contribution in [-0.2, 0) is 10.6 Å². The number of alkyl halides is 1. The number of halogens is 1. The highest BCUT2D eigenvalue weighted by molar-refractivity contribution is 6.17. The first-order chi connectivity index (χ1) is 8.74. The summed E-state index contributed by atoms with van der Waals surface area (Å²) in [6.45, 7) is 6.78. The van der Waals surface area contributed by atoms with Crippen LogP contribution in [0.15, 0.2) is 6.20 Å². The molecule has 1 aromatic rings. The van der Waals surface area contributed by atoms with Gasteiger partial charge in [0.15, 0.2) is 0 Å². The van der Waals surface area contributed by atoms with Crippen LogP contribution < -0.4 is 4.90 Å². The molecule has 0 N–H and O–H groups in total. The lowest BCUT2D eigenvalue weighted by Crippen LogP contribution is -2.32. The molecule has 0 radical (unpaired) electrons. The number of ether oxygens (including phenoxy) is 1. The Labute approximate surface area is 113 Å². The van der Waals surface area contributed by atoms with E-state index >= 15 is 0 Å². The molecule has 18 heavy (non-hydrogen) atoms. The molecule has 0 saturated carbocycles. The van der Waals surface area contributed by atoms with E-state index in [1.807, 2.05) is 13.1 Å². The summed E-state index contributed by atoms with van der Waals surface area (Å²) in [5.41, 5.74) is 1.96. The third-order valence-corrected chi connectivity index (χ3v) is 3.59. The molecule has 1 saturated heterocycles. The molecule has 0 aliphatic carbocycles. The van der Waals surface area contributed by atoms with Gasteiger partial charge in [-0.1, -0.05) is 6.92 Å². The summed E-state index contributed by atoms with van der Waals surface area (Å²) in [6.07, 6.45) is 4.16. The zero-order valence-electron chi connectivity index (χ0n) is 11.0. The van der Waals surface area contributed by atoms with Gasteiger partial charge in [-0.15, -0.1) is 11.6 Å². The summed E-state index contributed by atoms with van der Waals surface area (Å²) in [7, 11) is 0. The minimum absolute atomic E-state index is 0.282. The Morgan fingerprint density at radius 2 is 2.39 bits per heavy atom. The van der Waals surface area contributed by atoms with Gasteiger partial charge < -0.3 is 9.64 Å². The fraction of sp³-hybridized carbons (Fsp3) is 0.692. The normalized spacial score (nSPS) is 20.8. The molecule has 1 aromatic heterocycles. The maximum absolute atomic E-state index is 5.83. The predicted molar refractivity (Wildman–Crippen MR) is 73.2 cm³/mol. The van der Waals surface area contributed by atoms with Crippen molar-refractivity contribution in [2.75, 3.05) is 24.6 Å². The van der Waals surface area contributed by atoms with Gasteiger partial charge >= 0.3 is 0 Å². The minimum atomic E-state index is 0.282. The quantitative estimate of drug-likeness (QED) is 0.791. The Hall–Kier alpha value is -0.870. The van der Waals surface area contributed by atoms with E-state index in [1.54, 1.807) is 0 Å². The van der Waals surface area contributed by atoms with E-state index in [-0.39, 0.29) is 6.10 Å². The SMILES string of the molecule is CCC1CN(c2ncc(CCl)c(C)n2)CCCO1. The van der Waals surface area contributed by atoms with Gasteiger partial charge in [0.25, 0.3) is 0 Å². The van der Waals surface area contributed by atoms with E-state index in [4.69, 9.17) is 16.3 Å². The highest BCUT2D eigenvalue weighted by Gasteiger charge is 2.19. The van der Waals surface area contributed by atoms with Crippen LogP contribution in [0.3, 0.4) is 0 Å². The van der Waals surface area contributed by atoms with Crippen molar-refractivity contribution < 1.29 is 4.74 Å². The molecule has 5 heteroatoms. The van der Waals surface area contributed by atoms with Gasteiger partial charge in [-0.25, -0.2) is 9.97 Å². The molecular weight excluding hydrogens is 250 g/mol. The predicted octanol–water partition coefficient (Wildman–Crippen LogP) is 2.53. The summed E-state index contributed by atoms with van der Waals surface area (Å²) in [4.78, 5) is 11.2. The highest BCUT2D eigenvalue weighted by atomic mass is 35.5. The van der Waals surface area contributed by atoms with Gasteiger partial charge in [0, 0.05) is 37.2 Å². The monoisotopic (exact) mass is 269 g/mol. The standard InChI is InChI=1S/C13H20ClN3O/c1-3-12-9-17(5-4-6-18-12)13-15-8-11(7-14)10(2)16-13/h8,12H,3-7,9H2,1-2H3. The topological polar surface area (TPSA) is 38.2 Å². The molecule has 1 aliphatic heterocycles. The zero-order valence-corrected chi connectivity index (χ0v) is 11.8. The summed E-state index contributed by atoms with van der Waals surface area (Å²) in [5.74, 6) is 1.26. The first-order valence-electron chi connectivity index (χ1n) is 6.49. The second kappa shape index (κ2) is 6.34. The number of hydrogen-bond donors (Lipinski definition) is 0. The smallest absolute Gasteiger partial charge is 0.225 e. The molecule has 0 bridgehead atoms. The average Bonchev–Trinajstić information content (AvgIpc) is 2.64. The Balaban J connectivity index is 2.16. The average molecular weight is 270 g/mol. The molecule has 0 spiro atoms. The maximum Gasteiger partial charge on any atom is 0.225 e. The van der Waals surface area contributed by atoms with Gasteiger partial charge in [-0.2, -0.15) is 0 Å². The second-order valence-electron chi connectivity index (χ2n) is 4.61. The van der Waals surface area contributed by atoms with Crippen molar-refractivity contribution >= 4 is 17.5 Å². The lowest BCUT2D eigenvalue weighted by molar-refractivity contribution is 0.0664. The van der Waals surface area contributed by atoms with Crippen molar-refractivity contribution in [3.05, 3.63) is 17.5 Å². The lowest BCUT2D eigenvalue weighted by atomic mass is 10.2. The van der Waals surface area contributed by atoms with Crippen molar-refractivity contribution in [2.24, 2.45) is 0 Å². The molecule has 0 aromatic carbocycles. The Morgan fingerprint density at radius 3 is 3.06 bits per heavy atom. The number of aryl methyl sites for hydroxylation is 1. The molecule has 2 rings (SSSR count). The van der Waals surface area contributed by atoms with Gasteiger partial charge in [0.2, 0.25) is 5.95 Å². The van der Waals surface area contributed by atoms with Gasteiger partial charge in [0.05, 0.1) is 12.0 Å². The molecule has 1 unspecified atom stereocenters. The summed E-state index contributed by atoms with van der Waals surface area (Å²) >= 11 is 5.83. The number of aromatic nitrogens is 2. The molecule has 2 heterocycles.